The third-order valence-corrected chi connectivity index (χ3v) is 4.01. The third-order valence-electron chi connectivity index (χ3n) is 4.01. The van der Waals surface area contributed by atoms with Crippen LogP contribution < -0.4 is 14.8 Å². The van der Waals surface area contributed by atoms with Crippen molar-refractivity contribution in [2.75, 3.05) is 11.9 Å². The standard InChI is InChI=1S/C21H27NO3/c1-5-16-8-11-20(15(4)12-16)25-14-17-13-18(24-7-3)9-10-19(17)22-21(23)6-2/h8-13H,5-7,14H2,1-4H3,(H,22,23). The Morgan fingerprint density at radius 3 is 2.48 bits per heavy atom. The van der Waals surface area contributed by atoms with Crippen LogP contribution >= 0.6 is 0 Å². The van der Waals surface area contributed by atoms with Gasteiger partial charge in [-0.1, -0.05) is 26.0 Å². The minimum absolute atomic E-state index is 0.0195. The molecule has 0 spiro atoms. The van der Waals surface area contributed by atoms with Crippen LogP contribution in [0.25, 0.3) is 0 Å². The summed E-state index contributed by atoms with van der Waals surface area (Å²) in [6.07, 6.45) is 1.44. The first kappa shape index (κ1) is 18.8. The second kappa shape index (κ2) is 9.11. The molecule has 2 rings (SSSR count). The summed E-state index contributed by atoms with van der Waals surface area (Å²) in [6, 6.07) is 11.9. The molecule has 0 aliphatic rings. The van der Waals surface area contributed by atoms with E-state index in [4.69, 9.17) is 9.47 Å². The van der Waals surface area contributed by atoms with Crippen molar-refractivity contribution < 1.29 is 14.3 Å². The Bertz CT molecular complexity index is 725. The highest BCUT2D eigenvalue weighted by Gasteiger charge is 2.09. The summed E-state index contributed by atoms with van der Waals surface area (Å²) >= 11 is 0. The number of anilines is 1. The van der Waals surface area contributed by atoms with Gasteiger partial charge in [-0.25, -0.2) is 0 Å². The van der Waals surface area contributed by atoms with E-state index in [1.54, 1.807) is 0 Å². The fourth-order valence-corrected chi connectivity index (χ4v) is 2.56. The van der Waals surface area contributed by atoms with Gasteiger partial charge in [0.25, 0.3) is 0 Å². The average molecular weight is 341 g/mol. The van der Waals surface area contributed by atoms with Crippen LogP contribution in [0.4, 0.5) is 5.69 Å². The Morgan fingerprint density at radius 2 is 1.84 bits per heavy atom. The largest absolute Gasteiger partial charge is 0.494 e. The lowest BCUT2D eigenvalue weighted by atomic mass is 10.1. The zero-order valence-corrected chi connectivity index (χ0v) is 15.5. The molecule has 4 nitrogen and oxygen atoms in total. The van der Waals surface area contributed by atoms with Crippen LogP contribution in [0, 0.1) is 6.92 Å². The molecular formula is C21H27NO3. The van der Waals surface area contributed by atoms with Crippen LogP contribution in [0.15, 0.2) is 36.4 Å². The molecule has 0 aromatic heterocycles. The molecule has 25 heavy (non-hydrogen) atoms. The first-order chi connectivity index (χ1) is 12.1. The molecule has 0 fully saturated rings. The van der Waals surface area contributed by atoms with Crippen LogP contribution in [0.5, 0.6) is 11.5 Å². The van der Waals surface area contributed by atoms with E-state index in [9.17, 15) is 4.79 Å². The van der Waals surface area contributed by atoms with E-state index >= 15 is 0 Å². The van der Waals surface area contributed by atoms with Crippen LogP contribution in [-0.4, -0.2) is 12.5 Å². The van der Waals surface area contributed by atoms with E-state index in [0.717, 1.165) is 34.7 Å². The predicted octanol–water partition coefficient (Wildman–Crippen LogP) is 4.88. The molecule has 0 heterocycles. The maximum Gasteiger partial charge on any atom is 0.224 e. The van der Waals surface area contributed by atoms with E-state index in [0.29, 0.717) is 19.6 Å². The van der Waals surface area contributed by atoms with E-state index in [1.807, 2.05) is 45.0 Å². The number of hydrogen-bond acceptors (Lipinski definition) is 3. The lowest BCUT2D eigenvalue weighted by molar-refractivity contribution is -0.115. The summed E-state index contributed by atoms with van der Waals surface area (Å²) in [5.74, 6) is 1.61. The van der Waals surface area contributed by atoms with Crippen LogP contribution in [0.2, 0.25) is 0 Å². The summed E-state index contributed by atoms with van der Waals surface area (Å²) in [7, 11) is 0. The van der Waals surface area contributed by atoms with Crippen LogP contribution in [-0.2, 0) is 17.8 Å². The molecule has 0 saturated heterocycles. The number of ether oxygens (including phenoxy) is 2. The summed E-state index contributed by atoms with van der Waals surface area (Å²) in [6.45, 7) is 8.92. The zero-order chi connectivity index (χ0) is 18.2. The van der Waals surface area contributed by atoms with Crippen LogP contribution in [0.3, 0.4) is 0 Å². The summed E-state index contributed by atoms with van der Waals surface area (Å²) in [4.78, 5) is 11.8. The molecular weight excluding hydrogens is 314 g/mol. The van der Waals surface area contributed by atoms with Gasteiger partial charge in [-0.05, 0) is 55.7 Å². The van der Waals surface area contributed by atoms with Crippen molar-refractivity contribution in [3.8, 4) is 11.5 Å². The summed E-state index contributed by atoms with van der Waals surface area (Å²) in [5, 5.41) is 2.92. The minimum Gasteiger partial charge on any atom is -0.494 e. The Kier molecular flexibility index (Phi) is 6.87. The molecule has 0 unspecified atom stereocenters. The van der Waals surface area contributed by atoms with Gasteiger partial charge in [-0.3, -0.25) is 4.79 Å². The smallest absolute Gasteiger partial charge is 0.224 e. The first-order valence-corrected chi connectivity index (χ1v) is 8.85. The number of rotatable bonds is 8. The molecule has 0 radical (unpaired) electrons. The van der Waals surface area contributed by atoms with Crippen molar-refractivity contribution in [2.45, 2.75) is 47.1 Å². The quantitative estimate of drug-likeness (QED) is 0.744. The number of hydrogen-bond donors (Lipinski definition) is 1. The number of aryl methyl sites for hydroxylation is 2. The van der Waals surface area contributed by atoms with Gasteiger partial charge in [-0.15, -0.1) is 0 Å². The van der Waals surface area contributed by atoms with Crippen molar-refractivity contribution in [3.63, 3.8) is 0 Å². The number of carbonyl (C=O) groups excluding carboxylic acids is 1. The molecule has 4 heteroatoms. The number of amides is 1. The van der Waals surface area contributed by atoms with E-state index in [-0.39, 0.29) is 5.91 Å². The van der Waals surface area contributed by atoms with Crippen molar-refractivity contribution in [2.24, 2.45) is 0 Å². The second-order valence-electron chi connectivity index (χ2n) is 5.90. The molecule has 1 N–H and O–H groups in total. The lowest BCUT2D eigenvalue weighted by Gasteiger charge is -2.15. The van der Waals surface area contributed by atoms with Crippen molar-refractivity contribution >= 4 is 11.6 Å². The van der Waals surface area contributed by atoms with Crippen LogP contribution in [0.1, 0.15) is 43.9 Å². The fraction of sp³-hybridized carbons (Fsp3) is 0.381. The minimum atomic E-state index is -0.0195. The van der Waals surface area contributed by atoms with Gasteiger partial charge >= 0.3 is 0 Å². The monoisotopic (exact) mass is 341 g/mol. The van der Waals surface area contributed by atoms with E-state index in [1.165, 1.54) is 5.56 Å². The Labute approximate surface area is 150 Å². The molecule has 0 saturated carbocycles. The molecule has 0 bridgehead atoms. The normalized spacial score (nSPS) is 10.4. The average Bonchev–Trinajstić information content (AvgIpc) is 2.62. The fourth-order valence-electron chi connectivity index (χ4n) is 2.56. The van der Waals surface area contributed by atoms with Gasteiger partial charge in [0.05, 0.1) is 6.61 Å². The van der Waals surface area contributed by atoms with Gasteiger partial charge in [0.15, 0.2) is 0 Å². The molecule has 1 amide bonds. The second-order valence-corrected chi connectivity index (χ2v) is 5.90. The maximum absolute atomic E-state index is 11.8. The van der Waals surface area contributed by atoms with Crippen molar-refractivity contribution in [1.29, 1.82) is 0 Å². The lowest BCUT2D eigenvalue weighted by Crippen LogP contribution is -2.12. The molecule has 0 aliphatic carbocycles. The SMILES string of the molecule is CCOc1ccc(NC(=O)CC)c(COc2ccc(CC)cc2C)c1. The Morgan fingerprint density at radius 1 is 1.04 bits per heavy atom. The zero-order valence-electron chi connectivity index (χ0n) is 15.5. The number of nitrogens with one attached hydrogen (secondary N) is 1. The van der Waals surface area contributed by atoms with Gasteiger partial charge in [0, 0.05) is 17.7 Å². The maximum atomic E-state index is 11.8. The number of benzene rings is 2. The first-order valence-electron chi connectivity index (χ1n) is 8.85. The Hall–Kier alpha value is -2.49. The third kappa shape index (κ3) is 5.24. The van der Waals surface area contributed by atoms with Crippen molar-refractivity contribution in [1.82, 2.24) is 0 Å². The molecule has 134 valence electrons. The highest BCUT2D eigenvalue weighted by molar-refractivity contribution is 5.91. The molecule has 0 atom stereocenters. The summed E-state index contributed by atoms with van der Waals surface area (Å²) < 4.78 is 11.6. The van der Waals surface area contributed by atoms with Gasteiger partial charge < -0.3 is 14.8 Å². The predicted molar refractivity (Wildman–Crippen MR) is 101 cm³/mol. The molecule has 0 aliphatic heterocycles. The topological polar surface area (TPSA) is 47.6 Å². The summed E-state index contributed by atoms with van der Waals surface area (Å²) in [5.41, 5.74) is 4.06. The number of carbonyl (C=O) groups is 1. The Balaban J connectivity index is 2.20. The highest BCUT2D eigenvalue weighted by Crippen LogP contribution is 2.26. The van der Waals surface area contributed by atoms with E-state index in [2.05, 4.69) is 24.4 Å². The highest BCUT2D eigenvalue weighted by atomic mass is 16.5. The van der Waals surface area contributed by atoms with E-state index < -0.39 is 0 Å². The van der Waals surface area contributed by atoms with Gasteiger partial charge in [-0.2, -0.15) is 0 Å². The van der Waals surface area contributed by atoms with Gasteiger partial charge in [0.2, 0.25) is 5.91 Å². The van der Waals surface area contributed by atoms with Crippen molar-refractivity contribution in [3.05, 3.63) is 53.1 Å². The molecule has 2 aromatic rings. The molecule has 2 aromatic carbocycles. The van der Waals surface area contributed by atoms with Gasteiger partial charge in [0.1, 0.15) is 18.1 Å².